The number of anilines is 1. The summed E-state index contributed by atoms with van der Waals surface area (Å²) in [5.41, 5.74) is 0.883. The molecule has 0 unspecified atom stereocenters. The van der Waals surface area contributed by atoms with Gasteiger partial charge >= 0.3 is 0 Å². The second-order valence-corrected chi connectivity index (χ2v) is 5.66. The number of nitrogens with zero attached hydrogens (tertiary/aromatic N) is 4. The lowest BCUT2D eigenvalue weighted by Crippen LogP contribution is -2.12. The number of amides is 1. The number of halogens is 1. The molecular formula is C10H6BrN5O2S. The number of carbonyl (C=O) groups is 2. The number of fused-ring (bicyclic) bond motifs is 1. The molecule has 1 N–H and O–H groups in total. The van der Waals surface area contributed by atoms with Crippen molar-refractivity contribution in [3.8, 4) is 0 Å². The molecule has 19 heavy (non-hydrogen) atoms. The van der Waals surface area contributed by atoms with E-state index in [2.05, 4.69) is 36.8 Å². The monoisotopic (exact) mass is 339 g/mol. The Labute approximate surface area is 119 Å². The fourth-order valence-electron chi connectivity index (χ4n) is 1.63. The molecule has 0 radical (unpaired) electrons. The van der Waals surface area contributed by atoms with Crippen LogP contribution in [0.3, 0.4) is 0 Å². The number of aryl methyl sites for hydroxylation is 1. The van der Waals surface area contributed by atoms with Crippen LogP contribution in [-0.4, -0.2) is 31.9 Å². The lowest BCUT2D eigenvalue weighted by atomic mass is 10.1. The Hall–Kier alpha value is -1.74. The summed E-state index contributed by atoms with van der Waals surface area (Å²) in [6.45, 7) is 0. The second kappa shape index (κ2) is 4.42. The van der Waals surface area contributed by atoms with Crippen LogP contribution in [-0.2, 0) is 11.8 Å². The van der Waals surface area contributed by atoms with Gasteiger partial charge in [-0.05, 0) is 50.3 Å². The number of ketones is 1. The normalized spacial score (nSPS) is 13.6. The summed E-state index contributed by atoms with van der Waals surface area (Å²) < 4.78 is 2.25. The first-order valence-electron chi connectivity index (χ1n) is 5.15. The van der Waals surface area contributed by atoms with E-state index in [-0.39, 0.29) is 0 Å². The zero-order chi connectivity index (χ0) is 13.6. The molecule has 1 aromatic heterocycles. The zero-order valence-electron chi connectivity index (χ0n) is 9.55. The Balaban J connectivity index is 2.01. The van der Waals surface area contributed by atoms with E-state index in [1.165, 1.54) is 16.4 Å². The van der Waals surface area contributed by atoms with Crippen LogP contribution in [0, 0.1) is 0 Å². The van der Waals surface area contributed by atoms with Crippen molar-refractivity contribution in [3.05, 3.63) is 22.2 Å². The molecule has 0 atom stereocenters. The van der Waals surface area contributed by atoms with Crippen molar-refractivity contribution in [3.63, 3.8) is 0 Å². The molecule has 0 spiro atoms. The van der Waals surface area contributed by atoms with Crippen molar-refractivity contribution in [2.45, 2.75) is 10.1 Å². The van der Waals surface area contributed by atoms with Gasteiger partial charge in [-0.3, -0.25) is 9.59 Å². The fourth-order valence-corrected chi connectivity index (χ4v) is 2.99. The average Bonchev–Trinajstić information content (AvgIpc) is 2.88. The number of nitrogens with one attached hydrogen (secondary N) is 1. The SMILES string of the molecule is Cn1nnnc1Sc1cc2c(cc1Br)C(=O)C(=O)N2. The maximum absolute atomic E-state index is 11.6. The van der Waals surface area contributed by atoms with Crippen molar-refractivity contribution in [2.75, 3.05) is 5.32 Å². The number of carbonyl (C=O) groups excluding carboxylic acids is 2. The lowest BCUT2D eigenvalue weighted by molar-refractivity contribution is -0.112. The average molecular weight is 340 g/mol. The van der Waals surface area contributed by atoms with Crippen molar-refractivity contribution >= 4 is 45.1 Å². The summed E-state index contributed by atoms with van der Waals surface area (Å²) in [5.74, 6) is -1.13. The largest absolute Gasteiger partial charge is 0.318 e. The van der Waals surface area contributed by atoms with Crippen LogP contribution in [0.1, 0.15) is 10.4 Å². The van der Waals surface area contributed by atoms with Gasteiger partial charge in [-0.25, -0.2) is 4.68 Å². The Kier molecular flexibility index (Phi) is 2.86. The van der Waals surface area contributed by atoms with Crippen LogP contribution >= 0.6 is 27.7 Å². The van der Waals surface area contributed by atoms with E-state index in [0.29, 0.717) is 20.9 Å². The van der Waals surface area contributed by atoms with E-state index in [1.54, 1.807) is 19.2 Å². The smallest absolute Gasteiger partial charge is 0.296 e. The first-order chi connectivity index (χ1) is 9.06. The molecule has 3 rings (SSSR count). The van der Waals surface area contributed by atoms with Gasteiger partial charge in [0.1, 0.15) is 0 Å². The van der Waals surface area contributed by atoms with Gasteiger partial charge in [0.25, 0.3) is 11.7 Å². The van der Waals surface area contributed by atoms with Gasteiger partial charge in [0.05, 0.1) is 11.3 Å². The molecule has 1 aliphatic heterocycles. The van der Waals surface area contributed by atoms with Crippen molar-refractivity contribution in [1.82, 2.24) is 20.2 Å². The van der Waals surface area contributed by atoms with Crippen LogP contribution in [0.25, 0.3) is 0 Å². The molecule has 1 amide bonds. The van der Waals surface area contributed by atoms with Gasteiger partial charge in [0.2, 0.25) is 5.16 Å². The molecule has 96 valence electrons. The molecule has 0 bridgehead atoms. The Morgan fingerprint density at radius 1 is 1.37 bits per heavy atom. The van der Waals surface area contributed by atoms with Crippen LogP contribution in [0.4, 0.5) is 5.69 Å². The number of rotatable bonds is 2. The van der Waals surface area contributed by atoms with Gasteiger partial charge in [-0.2, -0.15) is 0 Å². The van der Waals surface area contributed by atoms with E-state index < -0.39 is 11.7 Å². The molecule has 9 heteroatoms. The fraction of sp³-hybridized carbons (Fsp3) is 0.100. The van der Waals surface area contributed by atoms with Crippen LogP contribution in [0.2, 0.25) is 0 Å². The summed E-state index contributed by atoms with van der Waals surface area (Å²) in [4.78, 5) is 23.7. The molecule has 1 aromatic carbocycles. The molecule has 2 heterocycles. The highest BCUT2D eigenvalue weighted by molar-refractivity contribution is 9.10. The minimum atomic E-state index is -0.607. The van der Waals surface area contributed by atoms with E-state index >= 15 is 0 Å². The summed E-state index contributed by atoms with van der Waals surface area (Å²) >= 11 is 4.71. The molecular weight excluding hydrogens is 334 g/mol. The summed E-state index contributed by atoms with van der Waals surface area (Å²) in [6, 6.07) is 3.35. The highest BCUT2D eigenvalue weighted by atomic mass is 79.9. The quantitative estimate of drug-likeness (QED) is 0.828. The zero-order valence-corrected chi connectivity index (χ0v) is 11.9. The van der Waals surface area contributed by atoms with Gasteiger partial charge in [-0.15, -0.1) is 5.10 Å². The predicted molar refractivity (Wildman–Crippen MR) is 70.0 cm³/mol. The maximum atomic E-state index is 11.6. The third-order valence-corrected chi connectivity index (χ3v) is 4.56. The van der Waals surface area contributed by atoms with Crippen molar-refractivity contribution in [1.29, 1.82) is 0 Å². The highest BCUT2D eigenvalue weighted by Crippen LogP contribution is 2.37. The van der Waals surface area contributed by atoms with Crippen LogP contribution < -0.4 is 5.32 Å². The van der Waals surface area contributed by atoms with Gasteiger partial charge in [0, 0.05) is 16.4 Å². The molecule has 0 fully saturated rings. The van der Waals surface area contributed by atoms with E-state index in [9.17, 15) is 9.59 Å². The van der Waals surface area contributed by atoms with Crippen LogP contribution in [0.5, 0.6) is 0 Å². The number of Topliss-reactive ketones (excluding diaryl/α,β-unsaturated/α-hetero) is 1. The molecule has 0 saturated heterocycles. The summed E-state index contributed by atoms with van der Waals surface area (Å²) in [7, 11) is 1.73. The van der Waals surface area contributed by atoms with Gasteiger partial charge in [-0.1, -0.05) is 0 Å². The van der Waals surface area contributed by atoms with E-state index in [0.717, 1.165) is 4.90 Å². The van der Waals surface area contributed by atoms with Crippen molar-refractivity contribution < 1.29 is 9.59 Å². The first-order valence-corrected chi connectivity index (χ1v) is 6.76. The third kappa shape index (κ3) is 2.04. The number of tetrazole rings is 1. The molecule has 0 saturated carbocycles. The maximum Gasteiger partial charge on any atom is 0.296 e. The lowest BCUT2D eigenvalue weighted by Gasteiger charge is -2.05. The summed E-state index contributed by atoms with van der Waals surface area (Å²) in [5, 5.41) is 14.3. The molecule has 0 aliphatic carbocycles. The summed E-state index contributed by atoms with van der Waals surface area (Å²) in [6.07, 6.45) is 0. The number of aromatic nitrogens is 4. The van der Waals surface area contributed by atoms with E-state index in [1.807, 2.05) is 0 Å². The topological polar surface area (TPSA) is 89.8 Å². The molecule has 7 nitrogen and oxygen atoms in total. The Morgan fingerprint density at radius 2 is 2.16 bits per heavy atom. The number of hydrogen-bond acceptors (Lipinski definition) is 6. The Morgan fingerprint density at radius 3 is 2.84 bits per heavy atom. The first kappa shape index (κ1) is 12.3. The number of benzene rings is 1. The minimum Gasteiger partial charge on any atom is -0.318 e. The van der Waals surface area contributed by atoms with Gasteiger partial charge in [0.15, 0.2) is 0 Å². The standard InChI is InChI=1S/C10H6BrN5O2S/c1-16-10(13-14-15-16)19-7-3-6-4(2-5(7)11)8(17)9(18)12-6/h2-3H,1H3,(H,12,17,18). The highest BCUT2D eigenvalue weighted by Gasteiger charge is 2.29. The second-order valence-electron chi connectivity index (χ2n) is 3.80. The predicted octanol–water partition coefficient (Wildman–Crippen LogP) is 1.26. The van der Waals surface area contributed by atoms with E-state index in [4.69, 9.17) is 0 Å². The molecule has 2 aromatic rings. The van der Waals surface area contributed by atoms with Crippen molar-refractivity contribution in [2.24, 2.45) is 7.05 Å². The number of hydrogen-bond donors (Lipinski definition) is 1. The minimum absolute atomic E-state index is 0.373. The van der Waals surface area contributed by atoms with Crippen LogP contribution in [0.15, 0.2) is 26.7 Å². The molecule has 1 aliphatic rings. The third-order valence-electron chi connectivity index (χ3n) is 2.55. The Bertz CT molecular complexity index is 714. The van der Waals surface area contributed by atoms with Gasteiger partial charge < -0.3 is 5.32 Å².